The molecular formula is C14H17N7O4S. The molecule has 2 aromatic rings. The summed E-state index contributed by atoms with van der Waals surface area (Å²) in [6, 6.07) is 1.19. The van der Waals surface area contributed by atoms with Gasteiger partial charge in [0.05, 0.1) is 18.5 Å². The van der Waals surface area contributed by atoms with E-state index in [4.69, 9.17) is 10.00 Å². The number of rotatable bonds is 5. The number of aliphatic hydroxyl groups excluding tert-OH is 2. The minimum atomic E-state index is -1.14. The molecule has 0 radical (unpaired) electrons. The standard InChI is InChI=1S/C14H17N7O4S/c1-26-4-7-9(22)10(23)13(25-7)21-6-19-8-11(17-5-18-12(8)21)20-14(24)16-3-2-15/h5-7,9-10,13,22-23H,3-4H2,1H3,(H2,16,17,18,20,24)/t7-,9-,10-,13-/m1/s1. The average molecular weight is 379 g/mol. The summed E-state index contributed by atoms with van der Waals surface area (Å²) >= 11 is 1.50. The van der Waals surface area contributed by atoms with Crippen molar-refractivity contribution in [3.63, 3.8) is 0 Å². The Kier molecular flexibility index (Phi) is 5.52. The largest absolute Gasteiger partial charge is 0.387 e. The van der Waals surface area contributed by atoms with Crippen LogP contribution in [0.4, 0.5) is 10.6 Å². The SMILES string of the molecule is CSC[C@H]1O[C@@H](n2cnc3c(NC(=O)NCC#N)ncnc32)[C@H](O)[C@@H]1O. The monoisotopic (exact) mass is 379 g/mol. The van der Waals surface area contributed by atoms with E-state index in [1.165, 1.54) is 29.0 Å². The number of carbonyl (C=O) groups excluding carboxylic acids is 1. The van der Waals surface area contributed by atoms with Gasteiger partial charge < -0.3 is 20.3 Å². The fraction of sp³-hybridized carbons (Fsp3) is 0.500. The molecule has 4 atom stereocenters. The molecule has 0 aromatic carbocycles. The second kappa shape index (κ2) is 7.83. The molecule has 1 aliphatic rings. The van der Waals surface area contributed by atoms with Gasteiger partial charge in [0.2, 0.25) is 0 Å². The van der Waals surface area contributed by atoms with Crippen LogP contribution in [-0.2, 0) is 4.74 Å². The predicted octanol–water partition coefficient (Wildman–Crippen LogP) is -0.546. The maximum Gasteiger partial charge on any atom is 0.321 e. The van der Waals surface area contributed by atoms with Crippen molar-refractivity contribution in [3.05, 3.63) is 12.7 Å². The summed E-state index contributed by atoms with van der Waals surface area (Å²) in [4.78, 5) is 24.0. The summed E-state index contributed by atoms with van der Waals surface area (Å²) in [7, 11) is 0. The first-order valence-corrected chi connectivity index (χ1v) is 9.06. The number of amides is 2. The Bertz CT molecular complexity index is 838. The molecule has 26 heavy (non-hydrogen) atoms. The van der Waals surface area contributed by atoms with Crippen molar-refractivity contribution in [3.8, 4) is 6.07 Å². The number of hydrogen-bond acceptors (Lipinski definition) is 9. The van der Waals surface area contributed by atoms with Gasteiger partial charge in [-0.05, 0) is 6.26 Å². The van der Waals surface area contributed by atoms with E-state index in [2.05, 4.69) is 25.6 Å². The summed E-state index contributed by atoms with van der Waals surface area (Å²) in [6.07, 6.45) is 0.972. The van der Waals surface area contributed by atoms with E-state index < -0.39 is 30.6 Å². The van der Waals surface area contributed by atoms with Crippen LogP contribution < -0.4 is 10.6 Å². The van der Waals surface area contributed by atoms with E-state index in [-0.39, 0.29) is 12.4 Å². The number of anilines is 1. The van der Waals surface area contributed by atoms with Crippen LogP contribution in [0.25, 0.3) is 11.2 Å². The molecule has 1 fully saturated rings. The zero-order chi connectivity index (χ0) is 18.7. The molecule has 0 bridgehead atoms. The van der Waals surface area contributed by atoms with Crippen molar-refractivity contribution in [1.82, 2.24) is 24.8 Å². The molecule has 0 aliphatic carbocycles. The van der Waals surface area contributed by atoms with Gasteiger partial charge in [0.25, 0.3) is 0 Å². The lowest BCUT2D eigenvalue weighted by atomic mass is 10.1. The van der Waals surface area contributed by atoms with E-state index >= 15 is 0 Å². The number of carbonyl (C=O) groups is 1. The Morgan fingerprint density at radius 2 is 2.23 bits per heavy atom. The lowest BCUT2D eigenvalue weighted by Gasteiger charge is -2.16. The number of aromatic nitrogens is 4. The van der Waals surface area contributed by atoms with Crippen LogP contribution in [-0.4, -0.2) is 72.6 Å². The first kappa shape index (κ1) is 18.3. The minimum absolute atomic E-state index is 0.147. The van der Waals surface area contributed by atoms with E-state index in [9.17, 15) is 15.0 Å². The Morgan fingerprint density at radius 1 is 1.42 bits per heavy atom. The lowest BCUT2D eigenvalue weighted by molar-refractivity contribution is -0.0288. The molecule has 3 heterocycles. The van der Waals surface area contributed by atoms with Gasteiger partial charge in [0.1, 0.15) is 25.1 Å². The molecular weight excluding hydrogens is 362 g/mol. The van der Waals surface area contributed by atoms with Crippen molar-refractivity contribution in [2.75, 3.05) is 23.9 Å². The number of thioether (sulfide) groups is 1. The fourth-order valence-corrected chi connectivity index (χ4v) is 3.27. The van der Waals surface area contributed by atoms with Crippen molar-refractivity contribution in [1.29, 1.82) is 5.26 Å². The number of fused-ring (bicyclic) bond motifs is 1. The summed E-state index contributed by atoms with van der Waals surface area (Å²) in [5.74, 6) is 0.681. The third kappa shape index (κ3) is 3.42. The van der Waals surface area contributed by atoms with Gasteiger partial charge in [-0.1, -0.05) is 0 Å². The highest BCUT2D eigenvalue weighted by Gasteiger charge is 2.44. The number of imidazole rings is 1. The smallest absolute Gasteiger partial charge is 0.321 e. The number of nitrogens with one attached hydrogen (secondary N) is 2. The Morgan fingerprint density at radius 3 is 2.96 bits per heavy atom. The number of aliphatic hydroxyl groups is 2. The van der Waals surface area contributed by atoms with E-state index in [1.807, 2.05) is 6.26 Å². The van der Waals surface area contributed by atoms with Crippen LogP contribution in [0.3, 0.4) is 0 Å². The maximum atomic E-state index is 11.7. The molecule has 0 saturated carbocycles. The van der Waals surface area contributed by atoms with Crippen LogP contribution in [0.5, 0.6) is 0 Å². The number of urea groups is 1. The Balaban J connectivity index is 1.87. The van der Waals surface area contributed by atoms with Gasteiger partial charge in [-0.3, -0.25) is 9.88 Å². The molecule has 1 saturated heterocycles. The van der Waals surface area contributed by atoms with Crippen LogP contribution in [0.2, 0.25) is 0 Å². The van der Waals surface area contributed by atoms with E-state index in [0.717, 1.165) is 0 Å². The van der Waals surface area contributed by atoms with E-state index in [1.54, 1.807) is 6.07 Å². The normalized spacial score (nSPS) is 25.2. The van der Waals surface area contributed by atoms with Gasteiger partial charge in [0, 0.05) is 5.75 Å². The summed E-state index contributed by atoms with van der Waals surface area (Å²) in [5, 5.41) is 33.8. The second-order valence-electron chi connectivity index (χ2n) is 5.51. The molecule has 4 N–H and O–H groups in total. The van der Waals surface area contributed by atoms with Gasteiger partial charge in [-0.15, -0.1) is 0 Å². The number of nitrogens with zero attached hydrogens (tertiary/aromatic N) is 5. The van der Waals surface area contributed by atoms with Gasteiger partial charge >= 0.3 is 6.03 Å². The average Bonchev–Trinajstić information content (AvgIpc) is 3.17. The van der Waals surface area contributed by atoms with Crippen LogP contribution >= 0.6 is 11.8 Å². The van der Waals surface area contributed by atoms with Crippen molar-refractivity contribution >= 4 is 34.8 Å². The quantitative estimate of drug-likeness (QED) is 0.500. The van der Waals surface area contributed by atoms with Crippen molar-refractivity contribution in [2.24, 2.45) is 0 Å². The van der Waals surface area contributed by atoms with Crippen molar-refractivity contribution in [2.45, 2.75) is 24.5 Å². The Labute approximate surface area is 152 Å². The van der Waals surface area contributed by atoms with Crippen molar-refractivity contribution < 1.29 is 19.7 Å². The van der Waals surface area contributed by atoms with E-state index in [0.29, 0.717) is 16.9 Å². The summed E-state index contributed by atoms with van der Waals surface area (Å²) < 4.78 is 7.25. The first-order valence-electron chi connectivity index (χ1n) is 7.66. The topological polar surface area (TPSA) is 158 Å². The third-order valence-corrected chi connectivity index (χ3v) is 4.52. The maximum absolute atomic E-state index is 11.7. The van der Waals surface area contributed by atoms with Crippen LogP contribution in [0.15, 0.2) is 12.7 Å². The van der Waals surface area contributed by atoms with Gasteiger partial charge in [0.15, 0.2) is 23.2 Å². The lowest BCUT2D eigenvalue weighted by Crippen LogP contribution is -2.32. The molecule has 12 heteroatoms. The Hall–Kier alpha value is -2.46. The molecule has 11 nitrogen and oxygen atoms in total. The minimum Gasteiger partial charge on any atom is -0.387 e. The predicted molar refractivity (Wildman–Crippen MR) is 92.3 cm³/mol. The highest BCUT2D eigenvalue weighted by atomic mass is 32.2. The molecule has 2 amide bonds. The summed E-state index contributed by atoms with van der Waals surface area (Å²) in [5.41, 5.74) is 0.620. The number of nitriles is 1. The second-order valence-corrected chi connectivity index (χ2v) is 6.42. The zero-order valence-corrected chi connectivity index (χ0v) is 14.6. The molecule has 1 aliphatic heterocycles. The number of hydrogen-bond donors (Lipinski definition) is 4. The molecule has 0 unspecified atom stereocenters. The summed E-state index contributed by atoms with van der Waals surface area (Å²) in [6.45, 7) is -0.147. The highest BCUT2D eigenvalue weighted by molar-refractivity contribution is 7.98. The molecule has 3 rings (SSSR count). The van der Waals surface area contributed by atoms with Gasteiger partial charge in [-0.2, -0.15) is 17.0 Å². The van der Waals surface area contributed by atoms with Crippen LogP contribution in [0, 0.1) is 11.3 Å². The molecule has 0 spiro atoms. The van der Waals surface area contributed by atoms with Crippen LogP contribution in [0.1, 0.15) is 6.23 Å². The molecule has 2 aromatic heterocycles. The third-order valence-electron chi connectivity index (χ3n) is 3.86. The zero-order valence-electron chi connectivity index (χ0n) is 13.7. The fourth-order valence-electron chi connectivity index (χ4n) is 2.66. The molecule has 138 valence electrons. The number of ether oxygens (including phenoxy) is 1. The highest BCUT2D eigenvalue weighted by Crippen LogP contribution is 2.33. The van der Waals surface area contributed by atoms with Gasteiger partial charge in [-0.25, -0.2) is 19.7 Å². The first-order chi connectivity index (χ1) is 12.6.